The molecule has 0 unspecified atom stereocenters. The number of amides is 1. The Morgan fingerprint density at radius 3 is 2.73 bits per heavy atom. The van der Waals surface area contributed by atoms with Gasteiger partial charge in [-0.1, -0.05) is 29.4 Å². The number of allylic oxidation sites excluding steroid dienone is 1. The van der Waals surface area contributed by atoms with E-state index in [9.17, 15) is 14.9 Å². The zero-order valence-electron chi connectivity index (χ0n) is 14.2. The van der Waals surface area contributed by atoms with Crippen LogP contribution < -0.4 is 5.32 Å². The quantitative estimate of drug-likeness (QED) is 0.512. The first-order valence-electron chi connectivity index (χ1n) is 8.05. The second-order valence-corrected chi connectivity index (χ2v) is 6.21. The van der Waals surface area contributed by atoms with E-state index in [-0.39, 0.29) is 11.6 Å². The van der Waals surface area contributed by atoms with Crippen molar-refractivity contribution in [3.05, 3.63) is 74.3 Å². The number of carbonyl (C=O) groups is 1. The number of hydrogen-bond acceptors (Lipinski definition) is 5. The molecule has 0 spiro atoms. The van der Waals surface area contributed by atoms with E-state index in [1.165, 1.54) is 13.2 Å². The highest BCUT2D eigenvalue weighted by Gasteiger charge is 2.35. The molecule has 0 radical (unpaired) electrons. The van der Waals surface area contributed by atoms with Crippen LogP contribution in [0.1, 0.15) is 22.3 Å². The van der Waals surface area contributed by atoms with E-state index in [4.69, 9.17) is 4.84 Å². The number of nitrogens with zero attached hydrogens (tertiary/aromatic N) is 2. The topological polar surface area (TPSA) is 93.8 Å². The van der Waals surface area contributed by atoms with Crippen LogP contribution in [0.4, 0.5) is 11.4 Å². The molecular weight excluding hydrogens is 334 g/mol. The Balaban J connectivity index is 1.95. The number of hydrogen-bond donors (Lipinski definition) is 1. The maximum atomic E-state index is 12.7. The van der Waals surface area contributed by atoms with Gasteiger partial charge in [0.2, 0.25) is 0 Å². The fourth-order valence-corrected chi connectivity index (χ4v) is 3.55. The Morgan fingerprint density at radius 2 is 2.00 bits per heavy atom. The average molecular weight is 349 g/mol. The number of carbonyl (C=O) groups excluding carboxylic acids is 1. The van der Waals surface area contributed by atoms with Crippen LogP contribution in [0.25, 0.3) is 5.57 Å². The summed E-state index contributed by atoms with van der Waals surface area (Å²) in [6.07, 6.45) is 0.552. The molecule has 1 aliphatic carbocycles. The monoisotopic (exact) mass is 349 g/mol. The van der Waals surface area contributed by atoms with E-state index in [1.54, 1.807) is 13.0 Å². The molecule has 2 aliphatic rings. The number of nitro benzene ring substituents is 1. The molecule has 1 N–H and O–H groups in total. The average Bonchev–Trinajstić information content (AvgIpc) is 3.11. The number of fused-ring (bicyclic) bond motifs is 2. The summed E-state index contributed by atoms with van der Waals surface area (Å²) >= 11 is 0. The number of oxime groups is 1. The highest BCUT2D eigenvalue weighted by Crippen LogP contribution is 2.41. The van der Waals surface area contributed by atoms with Crippen LogP contribution in [0.15, 0.2) is 47.1 Å². The largest absolute Gasteiger partial charge is 0.399 e. The molecule has 2 aromatic rings. The molecule has 0 atom stereocenters. The van der Waals surface area contributed by atoms with Crippen LogP contribution >= 0.6 is 0 Å². The fraction of sp³-hybridized carbons (Fsp3) is 0.158. The van der Waals surface area contributed by atoms with Crippen LogP contribution in [0, 0.1) is 17.0 Å². The number of anilines is 1. The Bertz CT molecular complexity index is 1040. The van der Waals surface area contributed by atoms with Crippen molar-refractivity contribution in [2.45, 2.75) is 13.3 Å². The van der Waals surface area contributed by atoms with E-state index in [1.807, 2.05) is 24.3 Å². The summed E-state index contributed by atoms with van der Waals surface area (Å²) in [6, 6.07) is 10.9. The molecule has 0 fully saturated rings. The molecule has 0 bridgehead atoms. The molecule has 0 aromatic heterocycles. The molecule has 130 valence electrons. The summed E-state index contributed by atoms with van der Waals surface area (Å²) in [7, 11) is 1.46. The number of rotatable bonds is 2. The van der Waals surface area contributed by atoms with Gasteiger partial charge in [-0.3, -0.25) is 14.9 Å². The summed E-state index contributed by atoms with van der Waals surface area (Å²) in [5, 5.41) is 18.0. The normalized spacial score (nSPS) is 19.3. The zero-order chi connectivity index (χ0) is 18.4. The lowest BCUT2D eigenvalue weighted by Crippen LogP contribution is -2.10. The van der Waals surface area contributed by atoms with Crippen LogP contribution in [0.2, 0.25) is 0 Å². The van der Waals surface area contributed by atoms with E-state index in [0.29, 0.717) is 34.5 Å². The van der Waals surface area contributed by atoms with Crippen molar-refractivity contribution >= 4 is 28.6 Å². The van der Waals surface area contributed by atoms with Crippen molar-refractivity contribution in [3.8, 4) is 0 Å². The number of nitro groups is 1. The van der Waals surface area contributed by atoms with Crippen molar-refractivity contribution in [2.75, 3.05) is 12.4 Å². The fourth-order valence-electron chi connectivity index (χ4n) is 3.55. The molecule has 0 saturated heterocycles. The Labute approximate surface area is 149 Å². The van der Waals surface area contributed by atoms with Crippen LogP contribution in [0.3, 0.4) is 0 Å². The van der Waals surface area contributed by atoms with E-state index >= 15 is 0 Å². The van der Waals surface area contributed by atoms with Gasteiger partial charge in [-0.25, -0.2) is 0 Å². The molecule has 7 nitrogen and oxygen atoms in total. The van der Waals surface area contributed by atoms with Gasteiger partial charge < -0.3 is 10.2 Å². The van der Waals surface area contributed by atoms with Gasteiger partial charge in [0.1, 0.15) is 12.8 Å². The third-order valence-corrected chi connectivity index (χ3v) is 4.69. The van der Waals surface area contributed by atoms with Gasteiger partial charge in [-0.15, -0.1) is 0 Å². The predicted molar refractivity (Wildman–Crippen MR) is 97.1 cm³/mol. The van der Waals surface area contributed by atoms with Gasteiger partial charge in [0.25, 0.3) is 11.6 Å². The van der Waals surface area contributed by atoms with E-state index in [2.05, 4.69) is 10.5 Å². The lowest BCUT2D eigenvalue weighted by atomic mass is 9.96. The van der Waals surface area contributed by atoms with Gasteiger partial charge in [0.05, 0.1) is 16.2 Å². The Kier molecular flexibility index (Phi) is 3.57. The molecule has 4 rings (SSSR count). The first-order valence-corrected chi connectivity index (χ1v) is 8.05. The lowest BCUT2D eigenvalue weighted by molar-refractivity contribution is -0.385. The van der Waals surface area contributed by atoms with E-state index < -0.39 is 4.92 Å². The Morgan fingerprint density at radius 1 is 1.23 bits per heavy atom. The van der Waals surface area contributed by atoms with Gasteiger partial charge >= 0.3 is 0 Å². The highest BCUT2D eigenvalue weighted by atomic mass is 16.6. The van der Waals surface area contributed by atoms with Gasteiger partial charge in [-0.2, -0.15) is 0 Å². The third-order valence-electron chi connectivity index (χ3n) is 4.69. The second-order valence-electron chi connectivity index (χ2n) is 6.21. The minimum atomic E-state index is -0.448. The molecule has 7 heteroatoms. The third kappa shape index (κ3) is 2.28. The summed E-state index contributed by atoms with van der Waals surface area (Å²) in [4.78, 5) is 28.4. The molecule has 1 amide bonds. The highest BCUT2D eigenvalue weighted by molar-refractivity contribution is 6.38. The molecule has 26 heavy (non-hydrogen) atoms. The van der Waals surface area contributed by atoms with Crippen molar-refractivity contribution in [2.24, 2.45) is 5.16 Å². The summed E-state index contributed by atoms with van der Waals surface area (Å²) in [5.74, 6) is -0.286. The van der Waals surface area contributed by atoms with E-state index in [0.717, 1.165) is 16.7 Å². The van der Waals surface area contributed by atoms with Gasteiger partial charge in [-0.05, 0) is 24.1 Å². The maximum absolute atomic E-state index is 12.7. The van der Waals surface area contributed by atoms with Gasteiger partial charge in [0, 0.05) is 29.2 Å². The molecular formula is C19H15N3O4. The molecule has 1 aliphatic heterocycles. The van der Waals surface area contributed by atoms with Crippen LogP contribution in [-0.4, -0.2) is 23.7 Å². The maximum Gasteiger partial charge on any atom is 0.274 e. The number of nitrogens with one attached hydrogen (secondary N) is 1. The first kappa shape index (κ1) is 16.0. The Hall–Kier alpha value is -3.48. The van der Waals surface area contributed by atoms with Crippen LogP contribution in [-0.2, 0) is 16.1 Å². The van der Waals surface area contributed by atoms with Gasteiger partial charge in [0.15, 0.2) is 0 Å². The summed E-state index contributed by atoms with van der Waals surface area (Å²) < 4.78 is 0. The van der Waals surface area contributed by atoms with Crippen molar-refractivity contribution < 1.29 is 14.6 Å². The van der Waals surface area contributed by atoms with Crippen molar-refractivity contribution in [3.63, 3.8) is 0 Å². The van der Waals surface area contributed by atoms with Crippen LogP contribution in [0.5, 0.6) is 0 Å². The standard InChI is InChI=1S/C19H15N3O4/c1-10-7-13-15(9-16(10)22(24)25)20-19(23)17(13)14-8-11-5-3-4-6-12(11)18(14)21-26-2/h3-7,9H,8H2,1-2H3,(H,20,23)/b17-14+,21-18?. The first-order chi connectivity index (χ1) is 12.5. The summed E-state index contributed by atoms with van der Waals surface area (Å²) in [5.41, 5.74) is 5.45. The smallest absolute Gasteiger partial charge is 0.274 e. The number of aryl methyl sites for hydroxylation is 1. The molecule has 2 aromatic carbocycles. The number of benzene rings is 2. The summed E-state index contributed by atoms with van der Waals surface area (Å²) in [6.45, 7) is 1.66. The minimum absolute atomic E-state index is 0.0178. The van der Waals surface area contributed by atoms with Crippen molar-refractivity contribution in [1.82, 2.24) is 0 Å². The minimum Gasteiger partial charge on any atom is -0.399 e. The zero-order valence-corrected chi connectivity index (χ0v) is 14.2. The predicted octanol–water partition coefficient (Wildman–Crippen LogP) is 3.22. The second kappa shape index (κ2) is 5.80. The molecule has 1 heterocycles. The molecule has 0 saturated carbocycles. The SMILES string of the molecule is CON=C1/C(=C2/C(=O)Nc3cc([N+](=O)[O-])c(C)cc32)Cc2ccccc21. The lowest BCUT2D eigenvalue weighted by Gasteiger charge is -2.06. The van der Waals surface area contributed by atoms with Crippen molar-refractivity contribution in [1.29, 1.82) is 0 Å².